The van der Waals surface area contributed by atoms with Gasteiger partial charge in [0, 0.05) is 22.5 Å². The Morgan fingerprint density at radius 3 is 1.18 bits per heavy atom. The summed E-state index contributed by atoms with van der Waals surface area (Å²) in [7, 11) is 0. The summed E-state index contributed by atoms with van der Waals surface area (Å²) in [6.45, 7) is 0. The Bertz CT molecular complexity index is 719. The molecule has 0 fully saturated rings. The van der Waals surface area contributed by atoms with Crippen molar-refractivity contribution in [3.8, 4) is 0 Å². The summed E-state index contributed by atoms with van der Waals surface area (Å²) in [6.07, 6.45) is -27.6. The van der Waals surface area contributed by atoms with Crippen LogP contribution < -0.4 is 11.5 Å². The van der Waals surface area contributed by atoms with E-state index in [0.717, 1.165) is 0 Å². The second kappa shape index (κ2) is 6.20. The molecule has 0 aliphatic rings. The molecule has 0 bridgehead atoms. The fourth-order valence-corrected chi connectivity index (χ4v) is 2.29. The summed E-state index contributed by atoms with van der Waals surface area (Å²) < 4.78 is 156. The fourth-order valence-electron chi connectivity index (χ4n) is 2.29. The highest BCUT2D eigenvalue weighted by atomic mass is 19.4. The lowest BCUT2D eigenvalue weighted by atomic mass is 9.79. The highest BCUT2D eigenvalue weighted by Gasteiger charge is 2.77. The van der Waals surface area contributed by atoms with E-state index in [1.165, 1.54) is 0 Å². The molecule has 0 aliphatic heterocycles. The maximum absolute atomic E-state index is 13.0. The summed E-state index contributed by atoms with van der Waals surface area (Å²) in [4.78, 5) is 0. The van der Waals surface area contributed by atoms with Crippen molar-refractivity contribution in [2.45, 2.75) is 35.9 Å². The third kappa shape index (κ3) is 3.27. The van der Waals surface area contributed by atoms with Gasteiger partial charge in [0.15, 0.2) is 0 Å². The zero-order valence-electron chi connectivity index (χ0n) is 12.7. The van der Waals surface area contributed by atoms with Crippen LogP contribution in [0.2, 0.25) is 0 Å². The molecule has 0 amide bonds. The molecule has 0 saturated heterocycles. The van der Waals surface area contributed by atoms with Gasteiger partial charge in [-0.05, 0) is 12.1 Å². The van der Waals surface area contributed by atoms with E-state index in [-0.39, 0.29) is 6.07 Å². The van der Waals surface area contributed by atoms with Gasteiger partial charge in [-0.1, -0.05) is 0 Å². The predicted molar refractivity (Wildman–Crippen MR) is 67.3 cm³/mol. The highest BCUT2D eigenvalue weighted by Crippen LogP contribution is 2.58. The number of nitrogen functional groups attached to an aromatic ring is 2. The van der Waals surface area contributed by atoms with E-state index >= 15 is 0 Å². The number of benzene rings is 1. The lowest BCUT2D eigenvalue weighted by molar-refractivity contribution is -0.387. The highest BCUT2D eigenvalue weighted by molar-refractivity contribution is 5.65. The molecule has 6 N–H and O–H groups in total. The van der Waals surface area contributed by atoms with E-state index in [2.05, 4.69) is 0 Å². The second-order valence-corrected chi connectivity index (χ2v) is 5.44. The number of rotatable bonds is 2. The molecule has 0 aromatic heterocycles. The molecule has 0 unspecified atom stereocenters. The van der Waals surface area contributed by atoms with Crippen molar-refractivity contribution >= 4 is 11.4 Å². The van der Waals surface area contributed by atoms with Crippen LogP contribution in [0.1, 0.15) is 11.1 Å². The fraction of sp³-hybridized carbons (Fsp3) is 0.500. The zero-order chi connectivity index (χ0) is 22.7. The summed E-state index contributed by atoms with van der Waals surface area (Å²) in [5.74, 6) is 0. The molecular weight excluding hydrogens is 432 g/mol. The molecular formula is C12H8F12N2O2. The summed E-state index contributed by atoms with van der Waals surface area (Å²) >= 11 is 0. The maximum Gasteiger partial charge on any atom is 0.430 e. The van der Waals surface area contributed by atoms with E-state index in [1.54, 1.807) is 0 Å². The Labute approximate surface area is 146 Å². The van der Waals surface area contributed by atoms with Gasteiger partial charge in [0.2, 0.25) is 0 Å². The minimum atomic E-state index is -6.90. The van der Waals surface area contributed by atoms with Crippen molar-refractivity contribution in [1.29, 1.82) is 0 Å². The van der Waals surface area contributed by atoms with E-state index in [0.29, 0.717) is 0 Å². The number of nitrogens with two attached hydrogens (primary N) is 2. The molecule has 0 radical (unpaired) electrons. The van der Waals surface area contributed by atoms with Gasteiger partial charge >= 0.3 is 24.7 Å². The van der Waals surface area contributed by atoms with Crippen LogP contribution in [-0.2, 0) is 11.2 Å². The third-order valence-corrected chi connectivity index (χ3v) is 3.58. The standard InChI is InChI=1S/C12H8F12N2O2/c13-9(14,15)7(27,10(16,17)18)4-1-3(25)2-5(26)6(4)8(28,11(19,20)21)12(22,23)24/h1-2,27-28H,25-26H2. The number of halogens is 12. The molecule has 1 rings (SSSR count). The first-order valence-electron chi connectivity index (χ1n) is 6.45. The number of anilines is 2. The number of hydrogen-bond acceptors (Lipinski definition) is 4. The van der Waals surface area contributed by atoms with E-state index in [4.69, 9.17) is 11.5 Å². The summed E-state index contributed by atoms with van der Waals surface area (Å²) in [5, 5.41) is 18.6. The van der Waals surface area contributed by atoms with Crippen molar-refractivity contribution in [2.75, 3.05) is 11.5 Å². The molecule has 1 aromatic carbocycles. The molecule has 0 heterocycles. The normalized spacial score (nSPS) is 15.1. The first-order chi connectivity index (χ1) is 12.0. The lowest BCUT2D eigenvalue weighted by Gasteiger charge is -2.40. The van der Waals surface area contributed by atoms with Crippen molar-refractivity contribution in [3.63, 3.8) is 0 Å². The van der Waals surface area contributed by atoms with Crippen molar-refractivity contribution < 1.29 is 62.9 Å². The molecule has 0 spiro atoms. The van der Waals surface area contributed by atoms with Gasteiger partial charge in [-0.3, -0.25) is 0 Å². The van der Waals surface area contributed by atoms with E-state index in [9.17, 15) is 62.9 Å². The van der Waals surface area contributed by atoms with Gasteiger partial charge in [-0.15, -0.1) is 0 Å². The molecule has 4 nitrogen and oxygen atoms in total. The molecule has 1 aromatic rings. The Morgan fingerprint density at radius 2 is 0.893 bits per heavy atom. The Morgan fingerprint density at radius 1 is 0.571 bits per heavy atom. The molecule has 0 saturated carbocycles. The lowest BCUT2D eigenvalue weighted by Crippen LogP contribution is -2.59. The molecule has 28 heavy (non-hydrogen) atoms. The Kier molecular flexibility index (Phi) is 5.30. The van der Waals surface area contributed by atoms with Crippen LogP contribution in [0.15, 0.2) is 12.1 Å². The van der Waals surface area contributed by atoms with Crippen molar-refractivity contribution in [2.24, 2.45) is 0 Å². The van der Waals surface area contributed by atoms with Gasteiger partial charge in [-0.2, -0.15) is 52.7 Å². The number of hydrogen-bond donors (Lipinski definition) is 4. The minimum Gasteiger partial charge on any atom is -0.399 e. The van der Waals surface area contributed by atoms with Crippen LogP contribution in [-0.4, -0.2) is 34.9 Å². The van der Waals surface area contributed by atoms with Crippen LogP contribution in [0.25, 0.3) is 0 Å². The minimum absolute atomic E-state index is 0.0472. The SMILES string of the molecule is Nc1cc(N)c(C(O)(C(F)(F)F)C(F)(F)F)c(C(O)(C(F)(F)F)C(F)(F)F)c1. The molecule has 0 atom stereocenters. The van der Waals surface area contributed by atoms with Crippen molar-refractivity contribution in [3.05, 3.63) is 23.3 Å². The van der Waals surface area contributed by atoms with Gasteiger partial charge in [0.25, 0.3) is 11.2 Å². The van der Waals surface area contributed by atoms with Gasteiger partial charge in [-0.25, -0.2) is 0 Å². The van der Waals surface area contributed by atoms with Crippen LogP contribution in [0.4, 0.5) is 64.1 Å². The Balaban J connectivity index is 4.29. The number of alkyl halides is 12. The van der Waals surface area contributed by atoms with Crippen molar-refractivity contribution in [1.82, 2.24) is 0 Å². The van der Waals surface area contributed by atoms with E-state index in [1.807, 2.05) is 0 Å². The maximum atomic E-state index is 13.0. The second-order valence-electron chi connectivity index (χ2n) is 5.44. The molecule has 162 valence electrons. The average molecular weight is 440 g/mol. The zero-order valence-corrected chi connectivity index (χ0v) is 12.7. The van der Waals surface area contributed by atoms with Gasteiger partial charge < -0.3 is 21.7 Å². The van der Waals surface area contributed by atoms with Crippen LogP contribution in [0.3, 0.4) is 0 Å². The van der Waals surface area contributed by atoms with Crippen LogP contribution in [0, 0.1) is 0 Å². The topological polar surface area (TPSA) is 92.5 Å². The van der Waals surface area contributed by atoms with Crippen LogP contribution in [0.5, 0.6) is 0 Å². The average Bonchev–Trinajstić information content (AvgIpc) is 2.39. The van der Waals surface area contributed by atoms with E-state index < -0.39 is 64.5 Å². The Hall–Kier alpha value is -2.10. The van der Waals surface area contributed by atoms with Crippen LogP contribution >= 0.6 is 0 Å². The predicted octanol–water partition coefficient (Wildman–Crippen LogP) is 3.48. The monoisotopic (exact) mass is 440 g/mol. The molecule has 16 heteroatoms. The molecule has 0 aliphatic carbocycles. The summed E-state index contributed by atoms with van der Waals surface area (Å²) in [6, 6.07) is -0.691. The quantitative estimate of drug-likeness (QED) is 0.419. The van der Waals surface area contributed by atoms with Gasteiger partial charge in [0.05, 0.1) is 0 Å². The van der Waals surface area contributed by atoms with Gasteiger partial charge in [0.1, 0.15) is 0 Å². The first-order valence-corrected chi connectivity index (χ1v) is 6.45. The smallest absolute Gasteiger partial charge is 0.399 e. The number of aliphatic hydroxyl groups is 2. The summed E-state index contributed by atoms with van der Waals surface area (Å²) in [5.41, 5.74) is -12.4. The first kappa shape index (κ1) is 23.9. The third-order valence-electron chi connectivity index (χ3n) is 3.58. The largest absolute Gasteiger partial charge is 0.430 e.